The molecule has 1 atom stereocenters. The first-order valence-electron chi connectivity index (χ1n) is 6.04. The SMILES string of the molecule is CN(C)CC(C)(C)CNC1C=CCCC1. The molecule has 2 nitrogen and oxygen atoms in total. The number of nitrogens with one attached hydrogen (secondary N) is 1. The van der Waals surface area contributed by atoms with E-state index in [0.717, 1.165) is 13.1 Å². The number of allylic oxidation sites excluding steroid dienone is 1. The predicted molar refractivity (Wildman–Crippen MR) is 67.1 cm³/mol. The van der Waals surface area contributed by atoms with Gasteiger partial charge in [-0.2, -0.15) is 0 Å². The Labute approximate surface area is 94.7 Å². The van der Waals surface area contributed by atoms with Crippen LogP contribution in [0.3, 0.4) is 0 Å². The summed E-state index contributed by atoms with van der Waals surface area (Å²) in [7, 11) is 4.28. The molecule has 1 aliphatic rings. The fraction of sp³-hybridized carbons (Fsp3) is 0.846. The van der Waals surface area contributed by atoms with E-state index in [1.54, 1.807) is 0 Å². The molecule has 1 aliphatic carbocycles. The molecular formula is C13H26N2. The maximum atomic E-state index is 3.65. The summed E-state index contributed by atoms with van der Waals surface area (Å²) in [5.41, 5.74) is 0.356. The van der Waals surface area contributed by atoms with Crippen molar-refractivity contribution in [1.29, 1.82) is 0 Å². The maximum Gasteiger partial charge on any atom is 0.0250 e. The molecule has 0 bridgehead atoms. The van der Waals surface area contributed by atoms with E-state index in [4.69, 9.17) is 0 Å². The van der Waals surface area contributed by atoms with Crippen LogP contribution < -0.4 is 5.32 Å². The lowest BCUT2D eigenvalue weighted by Crippen LogP contribution is -2.41. The van der Waals surface area contributed by atoms with Crippen molar-refractivity contribution in [3.05, 3.63) is 12.2 Å². The number of rotatable bonds is 5. The van der Waals surface area contributed by atoms with Crippen molar-refractivity contribution < 1.29 is 0 Å². The third kappa shape index (κ3) is 5.33. The largest absolute Gasteiger partial charge is 0.310 e. The van der Waals surface area contributed by atoms with Gasteiger partial charge < -0.3 is 10.2 Å². The van der Waals surface area contributed by atoms with Crippen LogP contribution in [0.4, 0.5) is 0 Å². The minimum absolute atomic E-state index is 0.356. The van der Waals surface area contributed by atoms with Crippen molar-refractivity contribution >= 4 is 0 Å². The summed E-state index contributed by atoms with van der Waals surface area (Å²) in [6.07, 6.45) is 8.53. The summed E-state index contributed by atoms with van der Waals surface area (Å²) < 4.78 is 0. The van der Waals surface area contributed by atoms with Gasteiger partial charge in [-0.3, -0.25) is 0 Å². The highest BCUT2D eigenvalue weighted by atomic mass is 15.1. The molecule has 0 aromatic carbocycles. The molecular weight excluding hydrogens is 184 g/mol. The third-order valence-corrected chi connectivity index (χ3v) is 2.84. The van der Waals surface area contributed by atoms with Gasteiger partial charge in [0, 0.05) is 19.1 Å². The topological polar surface area (TPSA) is 15.3 Å². The van der Waals surface area contributed by atoms with Crippen LogP contribution in [0.5, 0.6) is 0 Å². The molecule has 0 heterocycles. The van der Waals surface area contributed by atoms with Crippen molar-refractivity contribution in [3.63, 3.8) is 0 Å². The Balaban J connectivity index is 2.28. The molecule has 0 aromatic rings. The minimum Gasteiger partial charge on any atom is -0.310 e. The van der Waals surface area contributed by atoms with Gasteiger partial charge in [0.1, 0.15) is 0 Å². The first kappa shape index (κ1) is 12.7. The predicted octanol–water partition coefficient (Wildman–Crippen LogP) is 2.27. The molecule has 0 aromatic heterocycles. The van der Waals surface area contributed by atoms with Crippen molar-refractivity contribution in [2.45, 2.75) is 39.2 Å². The van der Waals surface area contributed by atoms with E-state index in [1.807, 2.05) is 0 Å². The average molecular weight is 210 g/mol. The normalized spacial score (nSPS) is 22.3. The fourth-order valence-electron chi connectivity index (χ4n) is 2.30. The first-order chi connectivity index (χ1) is 6.99. The highest BCUT2D eigenvalue weighted by molar-refractivity contribution is 4.98. The molecule has 0 radical (unpaired) electrons. The zero-order chi connectivity index (χ0) is 11.3. The van der Waals surface area contributed by atoms with Gasteiger partial charge in [0.05, 0.1) is 0 Å². The van der Waals surface area contributed by atoms with Gasteiger partial charge in [0.15, 0.2) is 0 Å². The van der Waals surface area contributed by atoms with Crippen molar-refractivity contribution in [2.75, 3.05) is 27.2 Å². The van der Waals surface area contributed by atoms with Gasteiger partial charge in [-0.1, -0.05) is 26.0 Å². The lowest BCUT2D eigenvalue weighted by Gasteiger charge is -2.30. The molecule has 0 amide bonds. The molecule has 88 valence electrons. The summed E-state index contributed by atoms with van der Waals surface area (Å²) in [6.45, 7) is 6.88. The van der Waals surface area contributed by atoms with E-state index in [2.05, 4.69) is 50.3 Å². The van der Waals surface area contributed by atoms with Gasteiger partial charge in [-0.05, 0) is 38.8 Å². The Morgan fingerprint density at radius 1 is 1.40 bits per heavy atom. The second-order valence-electron chi connectivity index (χ2n) is 5.75. The molecule has 15 heavy (non-hydrogen) atoms. The standard InChI is InChI=1S/C13H26N2/c1-13(2,11-15(3)4)10-14-12-8-6-5-7-9-12/h6,8,12,14H,5,7,9-11H2,1-4H3. The van der Waals surface area contributed by atoms with Crippen LogP contribution in [0.1, 0.15) is 33.1 Å². The third-order valence-electron chi connectivity index (χ3n) is 2.84. The highest BCUT2D eigenvalue weighted by Gasteiger charge is 2.20. The lowest BCUT2D eigenvalue weighted by atomic mass is 9.92. The van der Waals surface area contributed by atoms with Gasteiger partial charge in [-0.25, -0.2) is 0 Å². The molecule has 1 unspecified atom stereocenters. The van der Waals surface area contributed by atoms with Gasteiger partial charge >= 0.3 is 0 Å². The second kappa shape index (κ2) is 5.66. The van der Waals surface area contributed by atoms with E-state index in [-0.39, 0.29) is 0 Å². The number of hydrogen-bond donors (Lipinski definition) is 1. The van der Waals surface area contributed by atoms with Crippen LogP contribution in [-0.4, -0.2) is 38.1 Å². The summed E-state index contributed by atoms with van der Waals surface area (Å²) in [4.78, 5) is 2.26. The van der Waals surface area contributed by atoms with Gasteiger partial charge in [0.25, 0.3) is 0 Å². The van der Waals surface area contributed by atoms with Crippen molar-refractivity contribution in [2.24, 2.45) is 5.41 Å². The van der Waals surface area contributed by atoms with Crippen LogP contribution in [0.15, 0.2) is 12.2 Å². The van der Waals surface area contributed by atoms with Crippen molar-refractivity contribution in [3.8, 4) is 0 Å². The van der Waals surface area contributed by atoms with Gasteiger partial charge in [0.2, 0.25) is 0 Å². The van der Waals surface area contributed by atoms with Crippen LogP contribution in [-0.2, 0) is 0 Å². The van der Waals surface area contributed by atoms with Crippen LogP contribution >= 0.6 is 0 Å². The average Bonchev–Trinajstić information content (AvgIpc) is 2.15. The molecule has 0 saturated heterocycles. The molecule has 1 N–H and O–H groups in total. The molecule has 1 rings (SSSR count). The van der Waals surface area contributed by atoms with E-state index >= 15 is 0 Å². The van der Waals surface area contributed by atoms with E-state index < -0.39 is 0 Å². The summed E-state index contributed by atoms with van der Waals surface area (Å²) >= 11 is 0. The van der Waals surface area contributed by atoms with Crippen LogP contribution in [0.2, 0.25) is 0 Å². The fourth-order valence-corrected chi connectivity index (χ4v) is 2.30. The first-order valence-corrected chi connectivity index (χ1v) is 6.04. The Bertz CT molecular complexity index is 207. The van der Waals surface area contributed by atoms with E-state index in [0.29, 0.717) is 11.5 Å². The Hall–Kier alpha value is -0.340. The van der Waals surface area contributed by atoms with Gasteiger partial charge in [-0.15, -0.1) is 0 Å². The number of hydrogen-bond acceptors (Lipinski definition) is 2. The van der Waals surface area contributed by atoms with Crippen LogP contribution in [0, 0.1) is 5.41 Å². The minimum atomic E-state index is 0.356. The zero-order valence-corrected chi connectivity index (χ0v) is 10.7. The zero-order valence-electron chi connectivity index (χ0n) is 10.7. The molecule has 0 fully saturated rings. The Kier molecular flexibility index (Phi) is 4.81. The molecule has 0 aliphatic heterocycles. The summed E-state index contributed by atoms with van der Waals surface area (Å²) in [5, 5.41) is 3.65. The van der Waals surface area contributed by atoms with Crippen molar-refractivity contribution in [1.82, 2.24) is 10.2 Å². The second-order valence-corrected chi connectivity index (χ2v) is 5.75. The van der Waals surface area contributed by atoms with E-state index in [9.17, 15) is 0 Å². The monoisotopic (exact) mass is 210 g/mol. The quantitative estimate of drug-likeness (QED) is 0.700. The molecule has 0 saturated carbocycles. The molecule has 0 spiro atoms. The Morgan fingerprint density at radius 3 is 2.67 bits per heavy atom. The summed E-state index contributed by atoms with van der Waals surface area (Å²) in [6, 6.07) is 0.611. The lowest BCUT2D eigenvalue weighted by molar-refractivity contribution is 0.227. The van der Waals surface area contributed by atoms with E-state index in [1.165, 1.54) is 19.3 Å². The highest BCUT2D eigenvalue weighted by Crippen LogP contribution is 2.16. The van der Waals surface area contributed by atoms with Crippen LogP contribution in [0.25, 0.3) is 0 Å². The Morgan fingerprint density at radius 2 is 2.13 bits per heavy atom. The summed E-state index contributed by atoms with van der Waals surface area (Å²) in [5.74, 6) is 0. The maximum absolute atomic E-state index is 3.65. The molecule has 2 heteroatoms. The smallest absolute Gasteiger partial charge is 0.0250 e. The number of nitrogens with zero attached hydrogens (tertiary/aromatic N) is 1.